The Morgan fingerprint density at radius 3 is 2.58 bits per heavy atom. The van der Waals surface area contributed by atoms with Crippen LogP contribution in [0.15, 0.2) is 82.7 Å². The third-order valence-electron chi connectivity index (χ3n) is 5.13. The summed E-state index contributed by atoms with van der Waals surface area (Å²) in [5.74, 6) is 0.346. The molecule has 1 atom stereocenters. The molecule has 0 saturated carbocycles. The lowest BCUT2D eigenvalue weighted by molar-refractivity contribution is -0.115. The minimum atomic E-state index is -0.527. The summed E-state index contributed by atoms with van der Waals surface area (Å²) in [4.78, 5) is 31.0. The molecule has 0 aliphatic rings. The molecular formula is C25H22ClN3O3S. The number of fused-ring (bicyclic) bond motifs is 1. The molecule has 0 saturated heterocycles. The first-order valence-corrected chi connectivity index (χ1v) is 11.6. The Bertz CT molecular complexity index is 1370. The molecule has 4 rings (SSSR count). The summed E-state index contributed by atoms with van der Waals surface area (Å²) in [5.41, 5.74) is 1.78. The number of aromatic nitrogens is 2. The summed E-state index contributed by atoms with van der Waals surface area (Å²) >= 11 is 7.57. The maximum Gasteiger partial charge on any atom is 0.262 e. The van der Waals surface area contributed by atoms with Crippen LogP contribution in [0.3, 0.4) is 0 Å². The van der Waals surface area contributed by atoms with Crippen molar-refractivity contribution >= 4 is 45.9 Å². The first kappa shape index (κ1) is 22.9. The molecule has 0 fully saturated rings. The first-order valence-electron chi connectivity index (χ1n) is 10.3. The van der Waals surface area contributed by atoms with Crippen LogP contribution in [0.1, 0.15) is 12.5 Å². The maximum absolute atomic E-state index is 13.3. The van der Waals surface area contributed by atoms with Crippen LogP contribution in [0.4, 0.5) is 5.69 Å². The molecule has 3 aromatic carbocycles. The fourth-order valence-electron chi connectivity index (χ4n) is 3.37. The van der Waals surface area contributed by atoms with Crippen molar-refractivity contribution in [1.82, 2.24) is 9.55 Å². The van der Waals surface area contributed by atoms with Crippen LogP contribution in [0.5, 0.6) is 5.75 Å². The predicted molar refractivity (Wildman–Crippen MR) is 133 cm³/mol. The molecule has 1 unspecified atom stereocenters. The van der Waals surface area contributed by atoms with Gasteiger partial charge in [0.25, 0.3) is 5.56 Å². The highest BCUT2D eigenvalue weighted by Gasteiger charge is 2.21. The summed E-state index contributed by atoms with van der Waals surface area (Å²) in [6.07, 6.45) is 0. The van der Waals surface area contributed by atoms with Crippen LogP contribution < -0.4 is 15.6 Å². The van der Waals surface area contributed by atoms with Crippen LogP contribution in [0.2, 0.25) is 5.02 Å². The fourth-order valence-corrected chi connectivity index (χ4v) is 4.47. The predicted octanol–water partition coefficient (Wildman–Crippen LogP) is 5.23. The average molecular weight is 480 g/mol. The standard InChI is InChI=1S/C25H22ClN3O3S/c1-16(23(30)27-21-13-7-8-14-22(21)32-2)33-25-28-20-12-6-4-10-18(20)24(31)29(25)15-17-9-3-5-11-19(17)26/h3-14,16H,15H2,1-2H3,(H,27,30). The van der Waals surface area contributed by atoms with Gasteiger partial charge in [-0.05, 0) is 42.8 Å². The number of nitrogens with zero attached hydrogens (tertiary/aromatic N) is 2. The Morgan fingerprint density at radius 1 is 1.09 bits per heavy atom. The van der Waals surface area contributed by atoms with E-state index in [1.807, 2.05) is 36.4 Å². The lowest BCUT2D eigenvalue weighted by Crippen LogP contribution is -2.27. The summed E-state index contributed by atoms with van der Waals surface area (Å²) in [6, 6.07) is 21.8. The Hall–Kier alpha value is -3.29. The van der Waals surface area contributed by atoms with Gasteiger partial charge in [0.05, 0.1) is 35.5 Å². The Morgan fingerprint density at radius 2 is 1.79 bits per heavy atom. The van der Waals surface area contributed by atoms with Gasteiger partial charge in [-0.2, -0.15) is 0 Å². The van der Waals surface area contributed by atoms with Gasteiger partial charge in [-0.3, -0.25) is 14.2 Å². The van der Waals surface area contributed by atoms with Gasteiger partial charge < -0.3 is 10.1 Å². The van der Waals surface area contributed by atoms with Gasteiger partial charge in [-0.15, -0.1) is 0 Å². The number of anilines is 1. The van der Waals surface area contributed by atoms with Crippen LogP contribution in [-0.2, 0) is 11.3 Å². The Balaban J connectivity index is 1.68. The maximum atomic E-state index is 13.3. The van der Waals surface area contributed by atoms with Crippen molar-refractivity contribution in [2.75, 3.05) is 12.4 Å². The molecule has 4 aromatic rings. The fraction of sp³-hybridized carbons (Fsp3) is 0.160. The molecule has 8 heteroatoms. The van der Waals surface area contributed by atoms with E-state index in [9.17, 15) is 9.59 Å². The van der Waals surface area contributed by atoms with E-state index >= 15 is 0 Å². The molecule has 1 heterocycles. The number of carbonyl (C=O) groups excluding carboxylic acids is 1. The minimum absolute atomic E-state index is 0.180. The van der Waals surface area contributed by atoms with E-state index in [1.165, 1.54) is 11.8 Å². The quantitative estimate of drug-likeness (QED) is 0.290. The Labute approximate surface area is 200 Å². The summed E-state index contributed by atoms with van der Waals surface area (Å²) in [5, 5.41) is 3.89. The second-order valence-corrected chi connectivity index (χ2v) is 9.06. The second-order valence-electron chi connectivity index (χ2n) is 7.34. The van der Waals surface area contributed by atoms with Crippen molar-refractivity contribution in [1.29, 1.82) is 0 Å². The molecule has 6 nitrogen and oxygen atoms in total. The number of nitrogens with one attached hydrogen (secondary N) is 1. The van der Waals surface area contributed by atoms with Gasteiger partial charge in [0, 0.05) is 5.02 Å². The number of ether oxygens (including phenoxy) is 1. The minimum Gasteiger partial charge on any atom is -0.495 e. The summed E-state index contributed by atoms with van der Waals surface area (Å²) in [6.45, 7) is 2.02. The molecule has 0 aliphatic carbocycles. The number of hydrogen-bond acceptors (Lipinski definition) is 5. The monoisotopic (exact) mass is 479 g/mol. The number of hydrogen-bond donors (Lipinski definition) is 1. The van der Waals surface area contributed by atoms with Crippen LogP contribution >= 0.6 is 23.4 Å². The zero-order chi connectivity index (χ0) is 23.4. The highest BCUT2D eigenvalue weighted by atomic mass is 35.5. The van der Waals surface area contributed by atoms with Crippen molar-refractivity contribution in [3.63, 3.8) is 0 Å². The van der Waals surface area contributed by atoms with Crippen LogP contribution in [0, 0.1) is 0 Å². The average Bonchev–Trinajstić information content (AvgIpc) is 2.83. The van der Waals surface area contributed by atoms with Crippen molar-refractivity contribution < 1.29 is 9.53 Å². The van der Waals surface area contributed by atoms with E-state index < -0.39 is 5.25 Å². The molecule has 33 heavy (non-hydrogen) atoms. The van der Waals surface area contributed by atoms with Gasteiger partial charge in [-0.1, -0.05) is 65.8 Å². The Kier molecular flexibility index (Phi) is 7.01. The number of amides is 1. The van der Waals surface area contributed by atoms with E-state index in [4.69, 9.17) is 21.3 Å². The normalized spacial score (nSPS) is 11.8. The SMILES string of the molecule is COc1ccccc1NC(=O)C(C)Sc1nc2ccccc2c(=O)n1Cc1ccccc1Cl. The smallest absolute Gasteiger partial charge is 0.262 e. The van der Waals surface area contributed by atoms with E-state index in [-0.39, 0.29) is 18.0 Å². The largest absolute Gasteiger partial charge is 0.495 e. The molecule has 1 N–H and O–H groups in total. The molecule has 0 aliphatic heterocycles. The topological polar surface area (TPSA) is 73.2 Å². The first-order chi connectivity index (χ1) is 16.0. The highest BCUT2D eigenvalue weighted by molar-refractivity contribution is 8.00. The lowest BCUT2D eigenvalue weighted by Gasteiger charge is -2.17. The number of rotatable bonds is 7. The molecule has 1 amide bonds. The van der Waals surface area contributed by atoms with Crippen molar-refractivity contribution in [2.45, 2.75) is 23.9 Å². The molecule has 168 valence electrons. The third kappa shape index (κ3) is 5.05. The van der Waals surface area contributed by atoms with Gasteiger partial charge >= 0.3 is 0 Å². The van der Waals surface area contributed by atoms with Crippen molar-refractivity contribution in [3.8, 4) is 5.75 Å². The lowest BCUT2D eigenvalue weighted by atomic mass is 10.2. The highest BCUT2D eigenvalue weighted by Crippen LogP contribution is 2.28. The molecular weight excluding hydrogens is 458 g/mol. The van der Waals surface area contributed by atoms with Crippen LogP contribution in [-0.4, -0.2) is 27.8 Å². The molecule has 0 radical (unpaired) electrons. The number of carbonyl (C=O) groups is 1. The third-order valence-corrected chi connectivity index (χ3v) is 6.59. The number of halogens is 1. The van der Waals surface area contributed by atoms with E-state index in [0.29, 0.717) is 32.5 Å². The van der Waals surface area contributed by atoms with E-state index in [0.717, 1.165) is 5.56 Å². The zero-order valence-corrected chi connectivity index (χ0v) is 19.7. The number of benzene rings is 3. The second kappa shape index (κ2) is 10.1. The van der Waals surface area contributed by atoms with Gasteiger partial charge in [0.2, 0.25) is 5.91 Å². The summed E-state index contributed by atoms with van der Waals surface area (Å²) < 4.78 is 6.88. The van der Waals surface area contributed by atoms with Gasteiger partial charge in [0.15, 0.2) is 5.16 Å². The zero-order valence-electron chi connectivity index (χ0n) is 18.1. The number of thioether (sulfide) groups is 1. The van der Waals surface area contributed by atoms with Crippen LogP contribution in [0.25, 0.3) is 10.9 Å². The van der Waals surface area contributed by atoms with Gasteiger partial charge in [0.1, 0.15) is 5.75 Å². The number of methoxy groups -OCH3 is 1. The van der Waals surface area contributed by atoms with Crippen molar-refractivity contribution in [2.24, 2.45) is 0 Å². The molecule has 0 bridgehead atoms. The number of para-hydroxylation sites is 3. The molecule has 1 aromatic heterocycles. The summed E-state index contributed by atoms with van der Waals surface area (Å²) in [7, 11) is 1.55. The van der Waals surface area contributed by atoms with E-state index in [1.54, 1.807) is 55.0 Å². The van der Waals surface area contributed by atoms with E-state index in [2.05, 4.69) is 5.32 Å². The van der Waals surface area contributed by atoms with Crippen molar-refractivity contribution in [3.05, 3.63) is 93.7 Å². The van der Waals surface area contributed by atoms with Gasteiger partial charge in [-0.25, -0.2) is 4.98 Å². The molecule has 0 spiro atoms.